The van der Waals surface area contributed by atoms with E-state index in [1.54, 1.807) is 12.1 Å². The van der Waals surface area contributed by atoms with Crippen LogP contribution < -0.4 is 10.0 Å². The van der Waals surface area contributed by atoms with E-state index >= 15 is 0 Å². The number of hydrogen-bond donors (Lipinski definition) is 2. The third kappa shape index (κ3) is 3.31. The highest BCUT2D eigenvalue weighted by Crippen LogP contribution is 2.53. The normalized spacial score (nSPS) is 23.8. The minimum absolute atomic E-state index is 0.229. The lowest BCUT2D eigenvalue weighted by Gasteiger charge is -2.42. The summed E-state index contributed by atoms with van der Waals surface area (Å²) in [5.74, 6) is 0. The van der Waals surface area contributed by atoms with Crippen LogP contribution in [-0.4, -0.2) is 21.0 Å². The van der Waals surface area contributed by atoms with Gasteiger partial charge in [-0.3, -0.25) is 0 Å². The molecule has 2 aromatic carbocycles. The van der Waals surface area contributed by atoms with Gasteiger partial charge in [0.1, 0.15) is 0 Å². The van der Waals surface area contributed by atoms with E-state index in [4.69, 9.17) is 0 Å². The summed E-state index contributed by atoms with van der Waals surface area (Å²) in [7, 11) is -3.52. The van der Waals surface area contributed by atoms with Crippen molar-refractivity contribution < 1.29 is 8.42 Å². The predicted molar refractivity (Wildman–Crippen MR) is 117 cm³/mol. The molecule has 1 fully saturated rings. The highest BCUT2D eigenvalue weighted by atomic mass is 79.9. The third-order valence-corrected chi connectivity index (χ3v) is 8.10. The van der Waals surface area contributed by atoms with Crippen molar-refractivity contribution in [3.8, 4) is 0 Å². The molecule has 4 nitrogen and oxygen atoms in total. The van der Waals surface area contributed by atoms with Crippen LogP contribution in [0.2, 0.25) is 0 Å². The molecule has 0 saturated heterocycles. The van der Waals surface area contributed by atoms with Gasteiger partial charge in [0.25, 0.3) is 0 Å². The van der Waals surface area contributed by atoms with Gasteiger partial charge in [-0.2, -0.15) is 0 Å². The standard InChI is InChI=1S/C22H25BrN2O2S/c1-15-6-9-18(10-7-15)28(26,27)24-13-12-22-16(2)4-3-5-21(22)25-20-11-8-17(23)14-19(20)22/h6-11,14,21,24-25H,2-5,12-13H2,1H3. The minimum atomic E-state index is -3.52. The van der Waals surface area contributed by atoms with E-state index in [0.717, 1.165) is 35.0 Å². The van der Waals surface area contributed by atoms with Gasteiger partial charge in [-0.05, 0) is 68.5 Å². The molecule has 1 heterocycles. The summed E-state index contributed by atoms with van der Waals surface area (Å²) in [5.41, 5.74) is 4.37. The zero-order chi connectivity index (χ0) is 19.9. The Balaban J connectivity index is 1.59. The topological polar surface area (TPSA) is 58.2 Å². The van der Waals surface area contributed by atoms with Crippen molar-refractivity contribution in [3.05, 3.63) is 70.2 Å². The number of aryl methyl sites for hydroxylation is 1. The van der Waals surface area contributed by atoms with Crippen molar-refractivity contribution in [1.29, 1.82) is 0 Å². The van der Waals surface area contributed by atoms with Gasteiger partial charge in [-0.15, -0.1) is 0 Å². The van der Waals surface area contributed by atoms with Gasteiger partial charge in [0.15, 0.2) is 0 Å². The number of hydrogen-bond acceptors (Lipinski definition) is 3. The second-order valence-electron chi connectivity index (χ2n) is 7.81. The van der Waals surface area contributed by atoms with E-state index in [2.05, 4.69) is 44.7 Å². The van der Waals surface area contributed by atoms with E-state index in [1.807, 2.05) is 25.1 Å². The number of sulfonamides is 1. The van der Waals surface area contributed by atoms with Crippen LogP contribution in [0.4, 0.5) is 5.69 Å². The first kappa shape index (κ1) is 19.7. The maximum absolute atomic E-state index is 12.7. The van der Waals surface area contributed by atoms with E-state index in [0.29, 0.717) is 17.9 Å². The summed E-state index contributed by atoms with van der Waals surface area (Å²) < 4.78 is 29.2. The van der Waals surface area contributed by atoms with Crippen LogP contribution in [0.1, 0.15) is 36.8 Å². The van der Waals surface area contributed by atoms with Crippen LogP contribution in [0, 0.1) is 6.92 Å². The van der Waals surface area contributed by atoms with Crippen LogP contribution in [0.5, 0.6) is 0 Å². The van der Waals surface area contributed by atoms with Crippen LogP contribution in [0.15, 0.2) is 64.0 Å². The van der Waals surface area contributed by atoms with Crippen molar-refractivity contribution in [2.24, 2.45) is 0 Å². The fourth-order valence-electron chi connectivity index (χ4n) is 4.68. The Kier molecular flexibility index (Phi) is 5.14. The molecule has 148 valence electrons. The van der Waals surface area contributed by atoms with Crippen LogP contribution in [0.25, 0.3) is 0 Å². The molecule has 1 aliphatic carbocycles. The van der Waals surface area contributed by atoms with Crippen LogP contribution in [-0.2, 0) is 15.4 Å². The fourth-order valence-corrected chi connectivity index (χ4v) is 6.07. The molecule has 2 aliphatic rings. The lowest BCUT2D eigenvalue weighted by atomic mass is 9.63. The minimum Gasteiger partial charge on any atom is -0.381 e. The smallest absolute Gasteiger partial charge is 0.240 e. The van der Waals surface area contributed by atoms with Gasteiger partial charge in [0, 0.05) is 28.2 Å². The molecule has 1 saturated carbocycles. The number of rotatable bonds is 5. The molecule has 0 radical (unpaired) electrons. The highest BCUT2D eigenvalue weighted by molar-refractivity contribution is 9.10. The quantitative estimate of drug-likeness (QED) is 0.623. The molecule has 2 aromatic rings. The first-order valence-electron chi connectivity index (χ1n) is 9.64. The first-order valence-corrected chi connectivity index (χ1v) is 11.9. The van der Waals surface area contributed by atoms with Crippen LogP contribution in [0.3, 0.4) is 0 Å². The molecule has 2 unspecified atom stereocenters. The lowest BCUT2D eigenvalue weighted by molar-refractivity contribution is 0.344. The van der Waals surface area contributed by atoms with Crippen molar-refractivity contribution in [2.45, 2.75) is 49.0 Å². The first-order chi connectivity index (χ1) is 13.3. The summed E-state index contributed by atoms with van der Waals surface area (Å²) in [6.45, 7) is 6.73. The van der Waals surface area contributed by atoms with E-state index in [-0.39, 0.29) is 11.5 Å². The van der Waals surface area contributed by atoms with Crippen molar-refractivity contribution >= 4 is 31.6 Å². The van der Waals surface area contributed by atoms with Gasteiger partial charge in [-0.1, -0.05) is 45.8 Å². The average molecular weight is 461 g/mol. The van der Waals surface area contributed by atoms with Crippen molar-refractivity contribution in [3.63, 3.8) is 0 Å². The maximum atomic E-state index is 12.7. The molecule has 0 amide bonds. The molecule has 1 aliphatic heterocycles. The van der Waals surface area contributed by atoms with E-state index in [9.17, 15) is 8.42 Å². The van der Waals surface area contributed by atoms with E-state index in [1.165, 1.54) is 11.1 Å². The van der Waals surface area contributed by atoms with Crippen molar-refractivity contribution in [2.75, 3.05) is 11.9 Å². The molecule has 28 heavy (non-hydrogen) atoms. The molecule has 0 aromatic heterocycles. The van der Waals surface area contributed by atoms with Crippen LogP contribution >= 0.6 is 15.9 Å². The van der Waals surface area contributed by atoms with Gasteiger partial charge >= 0.3 is 0 Å². The second kappa shape index (κ2) is 7.32. The van der Waals surface area contributed by atoms with E-state index < -0.39 is 10.0 Å². The van der Waals surface area contributed by atoms with Gasteiger partial charge in [0.05, 0.1) is 4.90 Å². The summed E-state index contributed by atoms with van der Waals surface area (Å²) in [6.07, 6.45) is 3.85. The molecular formula is C22H25BrN2O2S. The fraction of sp³-hybridized carbons (Fsp3) is 0.364. The Labute approximate surface area is 175 Å². The number of benzene rings is 2. The largest absolute Gasteiger partial charge is 0.381 e. The van der Waals surface area contributed by atoms with Gasteiger partial charge in [-0.25, -0.2) is 13.1 Å². The summed E-state index contributed by atoms with van der Waals surface area (Å²) >= 11 is 3.59. The second-order valence-corrected chi connectivity index (χ2v) is 10.5. The predicted octanol–water partition coefficient (Wildman–Crippen LogP) is 4.90. The maximum Gasteiger partial charge on any atom is 0.240 e. The number of anilines is 1. The third-order valence-electron chi connectivity index (χ3n) is 6.13. The monoisotopic (exact) mass is 460 g/mol. The Morgan fingerprint density at radius 1 is 1.25 bits per heavy atom. The number of nitrogens with one attached hydrogen (secondary N) is 2. The Bertz CT molecular complexity index is 1020. The lowest BCUT2D eigenvalue weighted by Crippen LogP contribution is -2.45. The molecule has 2 N–H and O–H groups in total. The molecule has 4 rings (SSSR count). The SMILES string of the molecule is C=C1CCCC2Nc3ccc(Br)cc3C12CCNS(=O)(=O)c1ccc(C)cc1. The van der Waals surface area contributed by atoms with Gasteiger partial charge in [0.2, 0.25) is 10.0 Å². The number of fused-ring (bicyclic) bond motifs is 3. The summed E-state index contributed by atoms with van der Waals surface area (Å²) in [4.78, 5) is 0.308. The average Bonchev–Trinajstić information content (AvgIpc) is 2.97. The summed E-state index contributed by atoms with van der Waals surface area (Å²) in [5, 5.41) is 3.66. The van der Waals surface area contributed by atoms with Crippen molar-refractivity contribution in [1.82, 2.24) is 4.72 Å². The Morgan fingerprint density at radius 3 is 2.75 bits per heavy atom. The Morgan fingerprint density at radius 2 is 2.00 bits per heavy atom. The highest BCUT2D eigenvalue weighted by Gasteiger charge is 2.49. The zero-order valence-corrected chi connectivity index (χ0v) is 18.4. The molecule has 6 heteroatoms. The molecule has 0 spiro atoms. The van der Waals surface area contributed by atoms with Gasteiger partial charge < -0.3 is 5.32 Å². The molecule has 0 bridgehead atoms. The zero-order valence-electron chi connectivity index (χ0n) is 16.0. The molecular weight excluding hydrogens is 436 g/mol. The number of halogens is 1. The molecule has 2 atom stereocenters. The summed E-state index contributed by atoms with van der Waals surface area (Å²) in [6, 6.07) is 13.5. The Hall–Kier alpha value is -1.63.